The van der Waals surface area contributed by atoms with Crippen molar-refractivity contribution in [1.82, 2.24) is 9.78 Å². The van der Waals surface area contributed by atoms with Crippen LogP contribution in [0.1, 0.15) is 36.4 Å². The SMILES string of the molecule is C[C@H](Oc1ccc(-c2ccccc2)c(F)c1)c1ccn(C(=O)C2CC2)n1. The molecule has 0 spiro atoms. The molecule has 1 aliphatic carbocycles. The van der Waals surface area contributed by atoms with Gasteiger partial charge in [0, 0.05) is 23.7 Å². The highest BCUT2D eigenvalue weighted by atomic mass is 19.1. The molecule has 0 bridgehead atoms. The van der Waals surface area contributed by atoms with Gasteiger partial charge in [0.05, 0.1) is 0 Å². The number of carbonyl (C=O) groups is 1. The maximum atomic E-state index is 14.5. The van der Waals surface area contributed by atoms with Crippen LogP contribution in [0.4, 0.5) is 4.39 Å². The number of rotatable bonds is 5. The topological polar surface area (TPSA) is 44.1 Å². The van der Waals surface area contributed by atoms with Crippen molar-refractivity contribution in [2.45, 2.75) is 25.9 Å². The highest BCUT2D eigenvalue weighted by Gasteiger charge is 2.31. The van der Waals surface area contributed by atoms with Gasteiger partial charge >= 0.3 is 0 Å². The number of ether oxygens (including phenoxy) is 1. The van der Waals surface area contributed by atoms with Crippen molar-refractivity contribution in [3.8, 4) is 16.9 Å². The molecule has 1 saturated carbocycles. The summed E-state index contributed by atoms with van der Waals surface area (Å²) in [7, 11) is 0. The lowest BCUT2D eigenvalue weighted by atomic mass is 10.1. The monoisotopic (exact) mass is 350 g/mol. The number of nitrogens with zero attached hydrogens (tertiary/aromatic N) is 2. The first-order valence-corrected chi connectivity index (χ1v) is 8.73. The van der Waals surface area contributed by atoms with Crippen LogP contribution in [0, 0.1) is 11.7 Å². The average molecular weight is 350 g/mol. The van der Waals surface area contributed by atoms with Gasteiger partial charge in [0.1, 0.15) is 23.4 Å². The number of benzene rings is 2. The second-order valence-corrected chi connectivity index (χ2v) is 6.57. The van der Waals surface area contributed by atoms with E-state index in [2.05, 4.69) is 5.10 Å². The van der Waals surface area contributed by atoms with Gasteiger partial charge < -0.3 is 4.74 Å². The Kier molecular flexibility index (Phi) is 4.29. The summed E-state index contributed by atoms with van der Waals surface area (Å²) >= 11 is 0. The Morgan fingerprint density at radius 2 is 1.96 bits per heavy atom. The standard InChI is InChI=1S/C21H19FN2O2/c1-14(20-11-12-24(23-20)21(25)16-7-8-16)26-17-9-10-18(19(22)13-17)15-5-3-2-4-6-15/h2-6,9-14,16H,7-8H2,1H3/t14-/m0/s1. The Morgan fingerprint density at radius 3 is 2.65 bits per heavy atom. The molecular weight excluding hydrogens is 331 g/mol. The van der Waals surface area contributed by atoms with E-state index in [-0.39, 0.29) is 23.7 Å². The van der Waals surface area contributed by atoms with E-state index in [1.165, 1.54) is 10.7 Å². The molecule has 0 amide bonds. The van der Waals surface area contributed by atoms with Crippen LogP contribution >= 0.6 is 0 Å². The van der Waals surface area contributed by atoms with Crippen molar-refractivity contribution < 1.29 is 13.9 Å². The second kappa shape index (κ2) is 6.75. The average Bonchev–Trinajstić information content (AvgIpc) is 3.38. The molecule has 0 saturated heterocycles. The van der Waals surface area contributed by atoms with Gasteiger partial charge in [-0.05, 0) is 43.5 Å². The van der Waals surface area contributed by atoms with E-state index in [9.17, 15) is 9.18 Å². The van der Waals surface area contributed by atoms with Crippen molar-refractivity contribution in [1.29, 1.82) is 0 Å². The number of carbonyl (C=O) groups excluding carboxylic acids is 1. The number of hydrogen-bond acceptors (Lipinski definition) is 3. The van der Waals surface area contributed by atoms with E-state index < -0.39 is 0 Å². The molecule has 0 aliphatic heterocycles. The zero-order chi connectivity index (χ0) is 18.1. The Morgan fingerprint density at radius 1 is 1.19 bits per heavy atom. The lowest BCUT2D eigenvalue weighted by molar-refractivity contribution is 0.0868. The quantitative estimate of drug-likeness (QED) is 0.659. The summed E-state index contributed by atoms with van der Waals surface area (Å²) in [5, 5.41) is 4.30. The maximum absolute atomic E-state index is 14.5. The van der Waals surface area contributed by atoms with Gasteiger partial charge in [-0.25, -0.2) is 9.07 Å². The molecule has 0 unspecified atom stereocenters. The van der Waals surface area contributed by atoms with Gasteiger partial charge in [0.2, 0.25) is 5.91 Å². The van der Waals surface area contributed by atoms with Crippen LogP contribution in [-0.4, -0.2) is 15.7 Å². The van der Waals surface area contributed by atoms with E-state index >= 15 is 0 Å². The van der Waals surface area contributed by atoms with Crippen molar-refractivity contribution in [2.75, 3.05) is 0 Å². The van der Waals surface area contributed by atoms with E-state index in [4.69, 9.17) is 4.74 Å². The molecule has 1 atom stereocenters. The summed E-state index contributed by atoms with van der Waals surface area (Å²) < 4.78 is 21.6. The maximum Gasteiger partial charge on any atom is 0.249 e. The van der Waals surface area contributed by atoms with Gasteiger partial charge in [0.25, 0.3) is 0 Å². The summed E-state index contributed by atoms with van der Waals surface area (Å²) in [6.07, 6.45) is 3.15. The summed E-state index contributed by atoms with van der Waals surface area (Å²) in [5.41, 5.74) is 2.00. The molecule has 0 N–H and O–H groups in total. The van der Waals surface area contributed by atoms with Gasteiger partial charge in [-0.2, -0.15) is 5.10 Å². The molecule has 4 rings (SSSR count). The first-order valence-electron chi connectivity index (χ1n) is 8.73. The van der Waals surface area contributed by atoms with Gasteiger partial charge in [-0.1, -0.05) is 30.3 Å². The molecule has 3 aromatic rings. The van der Waals surface area contributed by atoms with Crippen LogP contribution in [0.2, 0.25) is 0 Å². The van der Waals surface area contributed by atoms with Crippen molar-refractivity contribution >= 4 is 5.91 Å². The Labute approximate surface area is 151 Å². The van der Waals surface area contributed by atoms with Crippen molar-refractivity contribution in [2.24, 2.45) is 5.92 Å². The van der Waals surface area contributed by atoms with Gasteiger partial charge in [-0.15, -0.1) is 0 Å². The predicted molar refractivity (Wildman–Crippen MR) is 96.5 cm³/mol. The van der Waals surface area contributed by atoms with Crippen molar-refractivity contribution in [3.05, 3.63) is 72.3 Å². The molecule has 0 radical (unpaired) electrons. The molecule has 1 aliphatic rings. The lowest BCUT2D eigenvalue weighted by Crippen LogP contribution is -2.14. The normalized spacial score (nSPS) is 14.8. The fraction of sp³-hybridized carbons (Fsp3) is 0.238. The zero-order valence-electron chi connectivity index (χ0n) is 14.4. The minimum Gasteiger partial charge on any atom is -0.484 e. The summed E-state index contributed by atoms with van der Waals surface area (Å²) in [6, 6.07) is 16.0. The molecule has 2 aromatic carbocycles. The summed E-state index contributed by atoms with van der Waals surface area (Å²) in [6.45, 7) is 1.83. The van der Waals surface area contributed by atoms with Crippen LogP contribution in [0.3, 0.4) is 0 Å². The van der Waals surface area contributed by atoms with Gasteiger partial charge in [0.15, 0.2) is 0 Å². The number of aromatic nitrogens is 2. The predicted octanol–water partition coefficient (Wildman–Crippen LogP) is 4.88. The third-order valence-electron chi connectivity index (χ3n) is 4.52. The van der Waals surface area contributed by atoms with Crippen LogP contribution in [-0.2, 0) is 0 Å². The Bertz CT molecular complexity index is 932. The first-order chi connectivity index (χ1) is 12.6. The largest absolute Gasteiger partial charge is 0.484 e. The first kappa shape index (κ1) is 16.5. The molecular formula is C21H19FN2O2. The van der Waals surface area contributed by atoms with Gasteiger partial charge in [-0.3, -0.25) is 4.79 Å². The molecule has 26 heavy (non-hydrogen) atoms. The van der Waals surface area contributed by atoms with Crippen LogP contribution in [0.5, 0.6) is 5.75 Å². The highest BCUT2D eigenvalue weighted by Crippen LogP contribution is 2.31. The van der Waals surface area contributed by atoms with E-state index in [0.29, 0.717) is 17.0 Å². The van der Waals surface area contributed by atoms with Crippen LogP contribution in [0.15, 0.2) is 60.8 Å². The van der Waals surface area contributed by atoms with Crippen molar-refractivity contribution in [3.63, 3.8) is 0 Å². The Balaban J connectivity index is 1.48. The minimum absolute atomic E-state index is 0.0294. The van der Waals surface area contributed by atoms with Crippen LogP contribution in [0.25, 0.3) is 11.1 Å². The summed E-state index contributed by atoms with van der Waals surface area (Å²) in [4.78, 5) is 12.0. The second-order valence-electron chi connectivity index (χ2n) is 6.57. The van der Waals surface area contributed by atoms with Crippen LogP contribution < -0.4 is 4.74 Å². The fourth-order valence-electron chi connectivity index (χ4n) is 2.88. The molecule has 4 nitrogen and oxygen atoms in total. The molecule has 1 fully saturated rings. The lowest BCUT2D eigenvalue weighted by Gasteiger charge is -2.13. The fourth-order valence-corrected chi connectivity index (χ4v) is 2.88. The smallest absolute Gasteiger partial charge is 0.249 e. The van der Waals surface area contributed by atoms with E-state index in [1.54, 1.807) is 24.4 Å². The molecule has 1 heterocycles. The molecule has 5 heteroatoms. The van der Waals surface area contributed by atoms with E-state index in [1.807, 2.05) is 37.3 Å². The minimum atomic E-state index is -0.384. The van der Waals surface area contributed by atoms with E-state index in [0.717, 1.165) is 18.4 Å². The third kappa shape index (κ3) is 3.38. The summed E-state index contributed by atoms with van der Waals surface area (Å²) in [5.74, 6) is 0.230. The molecule has 132 valence electrons. The third-order valence-corrected chi connectivity index (χ3v) is 4.52. The highest BCUT2D eigenvalue weighted by molar-refractivity contribution is 5.82. The number of hydrogen-bond donors (Lipinski definition) is 0. The zero-order valence-corrected chi connectivity index (χ0v) is 14.4. The number of halogens is 1. The Hall–Kier alpha value is -2.95. The molecule has 1 aromatic heterocycles.